The minimum Gasteiger partial charge on any atom is -0.392 e. The van der Waals surface area contributed by atoms with Gasteiger partial charge in [-0.2, -0.15) is 0 Å². The van der Waals surface area contributed by atoms with E-state index in [1.807, 2.05) is 0 Å². The molecule has 0 unspecified atom stereocenters. The smallest absolute Gasteiger partial charge is 0.0687 e. The minimum absolute atomic E-state index is 0.222. The molecule has 1 aliphatic rings. The third kappa shape index (κ3) is 2.22. The monoisotopic (exact) mass is 208 g/mol. The van der Waals surface area contributed by atoms with Gasteiger partial charge in [0.2, 0.25) is 0 Å². The molecule has 60 valence electrons. The summed E-state index contributed by atoms with van der Waals surface area (Å²) in [6.07, 6.45) is 1.97. The number of aliphatic hydroxyl groups excluding tert-OH is 1. The summed E-state index contributed by atoms with van der Waals surface area (Å²) >= 11 is 3.24. The van der Waals surface area contributed by atoms with Crippen molar-refractivity contribution in [3.8, 4) is 0 Å². The zero-order valence-corrected chi connectivity index (χ0v) is 7.51. The van der Waals surface area contributed by atoms with E-state index < -0.39 is 0 Å². The fourth-order valence-electron chi connectivity index (χ4n) is 1.20. The molecule has 1 rings (SSSR count). The first-order valence-corrected chi connectivity index (χ1v) is 4.78. The van der Waals surface area contributed by atoms with Gasteiger partial charge in [0.25, 0.3) is 0 Å². The predicted octanol–water partition coefficient (Wildman–Crippen LogP) is 1.17. The largest absolute Gasteiger partial charge is 0.392 e. The van der Waals surface area contributed by atoms with Crippen LogP contribution in [-0.2, 0) is 4.74 Å². The van der Waals surface area contributed by atoms with Crippen LogP contribution in [0.4, 0.5) is 0 Å². The second kappa shape index (κ2) is 4.31. The molecule has 1 saturated heterocycles. The molecule has 0 amide bonds. The maximum atomic E-state index is 9.36. The molecule has 1 N–H and O–H groups in total. The van der Waals surface area contributed by atoms with Crippen LogP contribution in [0.15, 0.2) is 0 Å². The molecule has 0 aromatic carbocycles. The molecule has 0 saturated carbocycles. The van der Waals surface area contributed by atoms with Crippen molar-refractivity contribution in [2.45, 2.75) is 18.9 Å². The molecule has 0 radical (unpaired) electrons. The van der Waals surface area contributed by atoms with Crippen LogP contribution in [0.2, 0.25) is 0 Å². The summed E-state index contributed by atoms with van der Waals surface area (Å²) in [7, 11) is 0. The van der Waals surface area contributed by atoms with Crippen molar-refractivity contribution in [1.29, 1.82) is 0 Å². The lowest BCUT2D eigenvalue weighted by Gasteiger charge is -2.25. The molecule has 0 aromatic rings. The molecule has 2 atom stereocenters. The number of ether oxygens (including phenoxy) is 1. The normalized spacial score (nSPS) is 30.0. The summed E-state index contributed by atoms with van der Waals surface area (Å²) in [4.78, 5) is 0. The first-order chi connectivity index (χ1) is 4.84. The molecule has 3 heteroatoms. The minimum atomic E-state index is -0.222. The van der Waals surface area contributed by atoms with E-state index >= 15 is 0 Å². The van der Waals surface area contributed by atoms with Gasteiger partial charge in [0.05, 0.1) is 12.7 Å². The van der Waals surface area contributed by atoms with Gasteiger partial charge in [0.1, 0.15) is 0 Å². The number of halogens is 1. The van der Waals surface area contributed by atoms with E-state index in [0.29, 0.717) is 11.2 Å². The summed E-state index contributed by atoms with van der Waals surface area (Å²) < 4.78 is 5.22. The fourth-order valence-corrected chi connectivity index (χ4v) is 1.72. The Morgan fingerprint density at radius 3 is 3.00 bits per heavy atom. The Balaban J connectivity index is 2.24. The van der Waals surface area contributed by atoms with Crippen molar-refractivity contribution in [2.24, 2.45) is 5.92 Å². The molecule has 1 aliphatic heterocycles. The highest BCUT2D eigenvalue weighted by molar-refractivity contribution is 9.09. The van der Waals surface area contributed by atoms with Gasteiger partial charge in [-0.25, -0.2) is 0 Å². The Labute approximate surface area is 69.7 Å². The van der Waals surface area contributed by atoms with Gasteiger partial charge >= 0.3 is 0 Å². The van der Waals surface area contributed by atoms with E-state index in [1.165, 1.54) is 0 Å². The zero-order chi connectivity index (χ0) is 7.40. The summed E-state index contributed by atoms with van der Waals surface area (Å²) in [6.45, 7) is 1.60. The zero-order valence-electron chi connectivity index (χ0n) is 5.92. The molecule has 0 aromatic heterocycles. The topological polar surface area (TPSA) is 29.5 Å². The highest BCUT2D eigenvalue weighted by Crippen LogP contribution is 2.18. The molecule has 1 fully saturated rings. The van der Waals surface area contributed by atoms with Crippen molar-refractivity contribution < 1.29 is 9.84 Å². The Morgan fingerprint density at radius 2 is 2.50 bits per heavy atom. The average molecular weight is 209 g/mol. The molecule has 0 spiro atoms. The van der Waals surface area contributed by atoms with Crippen molar-refractivity contribution in [3.63, 3.8) is 0 Å². The van der Waals surface area contributed by atoms with Crippen LogP contribution in [0, 0.1) is 5.92 Å². The molecule has 2 nitrogen and oxygen atoms in total. The van der Waals surface area contributed by atoms with E-state index in [-0.39, 0.29) is 6.10 Å². The number of hydrogen-bond acceptors (Lipinski definition) is 2. The van der Waals surface area contributed by atoms with Crippen LogP contribution in [0.3, 0.4) is 0 Å². The van der Waals surface area contributed by atoms with Crippen molar-refractivity contribution >= 4 is 15.9 Å². The van der Waals surface area contributed by atoms with Crippen molar-refractivity contribution in [1.82, 2.24) is 0 Å². The van der Waals surface area contributed by atoms with E-state index in [2.05, 4.69) is 15.9 Å². The lowest BCUT2D eigenvalue weighted by molar-refractivity contribution is 0.000364. The molecular weight excluding hydrogens is 196 g/mol. The summed E-state index contributed by atoms with van der Waals surface area (Å²) in [5.41, 5.74) is 0. The third-order valence-corrected chi connectivity index (χ3v) is 2.56. The van der Waals surface area contributed by atoms with Gasteiger partial charge in [-0.3, -0.25) is 0 Å². The predicted molar refractivity (Wildman–Crippen MR) is 43.3 cm³/mol. The van der Waals surface area contributed by atoms with E-state index in [0.717, 1.165) is 26.1 Å². The van der Waals surface area contributed by atoms with Crippen molar-refractivity contribution in [3.05, 3.63) is 0 Å². The van der Waals surface area contributed by atoms with Crippen molar-refractivity contribution in [2.75, 3.05) is 18.5 Å². The van der Waals surface area contributed by atoms with Gasteiger partial charge in [-0.1, -0.05) is 15.9 Å². The molecule has 0 bridgehead atoms. The lowest BCUT2D eigenvalue weighted by atomic mass is 9.97. The standard InChI is InChI=1S/C7H13BrO2/c8-4-7(9)6-2-1-3-10-5-6/h6-7,9H,1-5H2/t6-,7-/m0/s1. The lowest BCUT2D eigenvalue weighted by Crippen LogP contribution is -2.29. The fraction of sp³-hybridized carbons (Fsp3) is 1.00. The van der Waals surface area contributed by atoms with E-state index in [4.69, 9.17) is 4.74 Å². The summed E-state index contributed by atoms with van der Waals surface area (Å²) in [5.74, 6) is 0.355. The SMILES string of the molecule is O[C@@H](CBr)[C@H]1CCCOC1. The maximum Gasteiger partial charge on any atom is 0.0687 e. The van der Waals surface area contributed by atoms with E-state index in [9.17, 15) is 5.11 Å². The van der Waals surface area contributed by atoms with Crippen LogP contribution in [-0.4, -0.2) is 29.8 Å². The first kappa shape index (κ1) is 8.50. The molecule has 0 aliphatic carbocycles. The number of aliphatic hydroxyl groups is 1. The quantitative estimate of drug-likeness (QED) is 0.691. The molecule has 10 heavy (non-hydrogen) atoms. The van der Waals surface area contributed by atoms with Crippen LogP contribution in [0.5, 0.6) is 0 Å². The van der Waals surface area contributed by atoms with Crippen LogP contribution < -0.4 is 0 Å². The second-order valence-electron chi connectivity index (χ2n) is 2.70. The molecular formula is C7H13BrO2. The van der Waals surface area contributed by atoms with Crippen LogP contribution in [0.1, 0.15) is 12.8 Å². The van der Waals surface area contributed by atoms with E-state index in [1.54, 1.807) is 0 Å². The maximum absolute atomic E-state index is 9.36. The molecule has 1 heterocycles. The Hall–Kier alpha value is 0.400. The van der Waals surface area contributed by atoms with Gasteiger partial charge in [-0.05, 0) is 12.8 Å². The third-order valence-electron chi connectivity index (χ3n) is 1.90. The average Bonchev–Trinajstić information content (AvgIpc) is 2.05. The number of rotatable bonds is 2. The van der Waals surface area contributed by atoms with Crippen LogP contribution in [0.25, 0.3) is 0 Å². The highest BCUT2D eigenvalue weighted by atomic mass is 79.9. The van der Waals surface area contributed by atoms with Gasteiger partial charge in [0, 0.05) is 17.9 Å². The Kier molecular flexibility index (Phi) is 3.66. The second-order valence-corrected chi connectivity index (χ2v) is 3.35. The Bertz CT molecular complexity index is 91.6. The first-order valence-electron chi connectivity index (χ1n) is 3.66. The highest BCUT2D eigenvalue weighted by Gasteiger charge is 2.20. The summed E-state index contributed by atoms with van der Waals surface area (Å²) in [5, 5.41) is 10.0. The van der Waals surface area contributed by atoms with Gasteiger partial charge in [0.15, 0.2) is 0 Å². The number of alkyl halides is 1. The van der Waals surface area contributed by atoms with Gasteiger partial charge in [-0.15, -0.1) is 0 Å². The van der Waals surface area contributed by atoms with Crippen LogP contribution >= 0.6 is 15.9 Å². The number of hydrogen-bond donors (Lipinski definition) is 1. The van der Waals surface area contributed by atoms with Gasteiger partial charge < -0.3 is 9.84 Å². The summed E-state index contributed by atoms with van der Waals surface area (Å²) in [6, 6.07) is 0. The Morgan fingerprint density at radius 1 is 1.70 bits per heavy atom.